The number of aryl methyl sites for hydroxylation is 1. The van der Waals surface area contributed by atoms with Gasteiger partial charge in [-0.05, 0) is 30.7 Å². The van der Waals surface area contributed by atoms with E-state index in [9.17, 15) is 14.9 Å². The van der Waals surface area contributed by atoms with E-state index in [1.807, 2.05) is 25.1 Å². The van der Waals surface area contributed by atoms with Gasteiger partial charge in [0, 0.05) is 17.0 Å². The van der Waals surface area contributed by atoms with Gasteiger partial charge in [-0.25, -0.2) is 4.98 Å². The highest BCUT2D eigenvalue weighted by Crippen LogP contribution is 2.28. The normalized spacial score (nSPS) is 11.2. The Kier molecular flexibility index (Phi) is 4.18. The predicted octanol–water partition coefficient (Wildman–Crippen LogP) is 4.23. The topological polar surface area (TPSA) is 85.1 Å². The van der Waals surface area contributed by atoms with Gasteiger partial charge in [0.1, 0.15) is 0 Å². The molecule has 0 unspecified atom stereocenters. The van der Waals surface area contributed by atoms with Crippen molar-refractivity contribution < 1.29 is 9.72 Å². The molecule has 0 saturated carbocycles. The molecule has 116 valence electrons. The van der Waals surface area contributed by atoms with Crippen LogP contribution in [-0.2, 0) is 4.79 Å². The summed E-state index contributed by atoms with van der Waals surface area (Å²) in [5.41, 5.74) is 1.94. The van der Waals surface area contributed by atoms with Crippen molar-refractivity contribution in [3.63, 3.8) is 0 Å². The minimum absolute atomic E-state index is 0.0479. The summed E-state index contributed by atoms with van der Waals surface area (Å²) in [4.78, 5) is 27.1. The van der Waals surface area contributed by atoms with Crippen LogP contribution in [0.1, 0.15) is 10.4 Å². The summed E-state index contributed by atoms with van der Waals surface area (Å²) >= 11 is 2.42. The number of carbonyl (C=O) groups excluding carboxylic acids is 1. The number of hydrogen-bond donors (Lipinski definition) is 1. The molecule has 0 spiro atoms. The third-order valence-electron chi connectivity index (χ3n) is 3.04. The van der Waals surface area contributed by atoms with Crippen LogP contribution in [0, 0.1) is 17.0 Å². The fraction of sp³-hybridized carbons (Fsp3) is 0.0667. The van der Waals surface area contributed by atoms with Crippen LogP contribution in [-0.4, -0.2) is 15.8 Å². The van der Waals surface area contributed by atoms with E-state index < -0.39 is 4.92 Å². The second-order valence-electron chi connectivity index (χ2n) is 4.70. The van der Waals surface area contributed by atoms with Crippen molar-refractivity contribution in [2.45, 2.75) is 6.92 Å². The molecule has 3 aromatic rings. The maximum atomic E-state index is 11.9. The van der Waals surface area contributed by atoms with Crippen LogP contribution in [0.2, 0.25) is 0 Å². The standard InChI is InChI=1S/C15H11N3O3S2/c1-9-3-2-4-11-14(9)17-15(23-11)16-12(19)7-5-10-6-8-13(22-10)18(20)21/h2-8H,1H3,(H,16,17,19). The molecule has 3 rings (SSSR count). The second-order valence-corrected chi connectivity index (χ2v) is 6.82. The number of thiophene rings is 1. The van der Waals surface area contributed by atoms with E-state index in [1.165, 1.54) is 23.5 Å². The number of carbonyl (C=O) groups is 1. The number of anilines is 1. The minimum atomic E-state index is -0.453. The highest BCUT2D eigenvalue weighted by molar-refractivity contribution is 7.22. The van der Waals surface area contributed by atoms with E-state index in [4.69, 9.17) is 0 Å². The van der Waals surface area contributed by atoms with Crippen molar-refractivity contribution in [2.24, 2.45) is 0 Å². The first-order valence-corrected chi connectivity index (χ1v) is 8.25. The number of amides is 1. The number of para-hydroxylation sites is 1. The zero-order valence-electron chi connectivity index (χ0n) is 12.0. The summed E-state index contributed by atoms with van der Waals surface area (Å²) in [7, 11) is 0. The van der Waals surface area contributed by atoms with E-state index in [2.05, 4.69) is 10.3 Å². The lowest BCUT2D eigenvalue weighted by atomic mass is 10.2. The predicted molar refractivity (Wildman–Crippen MR) is 93.0 cm³/mol. The van der Waals surface area contributed by atoms with E-state index in [-0.39, 0.29) is 10.9 Å². The second kappa shape index (κ2) is 6.27. The molecular weight excluding hydrogens is 334 g/mol. The van der Waals surface area contributed by atoms with Gasteiger partial charge in [0.2, 0.25) is 5.91 Å². The zero-order valence-corrected chi connectivity index (χ0v) is 13.6. The molecule has 8 heteroatoms. The maximum Gasteiger partial charge on any atom is 0.324 e. The number of fused-ring (bicyclic) bond motifs is 1. The first-order chi connectivity index (χ1) is 11.0. The van der Waals surface area contributed by atoms with Crippen molar-refractivity contribution in [3.05, 3.63) is 57.0 Å². The van der Waals surface area contributed by atoms with Gasteiger partial charge in [0.25, 0.3) is 0 Å². The van der Waals surface area contributed by atoms with Crippen molar-refractivity contribution >= 4 is 55.0 Å². The summed E-state index contributed by atoms with van der Waals surface area (Å²) in [6.07, 6.45) is 2.89. The first kappa shape index (κ1) is 15.3. The third kappa shape index (κ3) is 3.43. The van der Waals surface area contributed by atoms with Crippen molar-refractivity contribution in [3.8, 4) is 0 Å². The largest absolute Gasteiger partial charge is 0.324 e. The number of aromatic nitrogens is 1. The van der Waals surface area contributed by atoms with E-state index in [1.54, 1.807) is 12.1 Å². The number of nitrogens with one attached hydrogen (secondary N) is 1. The lowest BCUT2D eigenvalue weighted by Gasteiger charge is -1.94. The van der Waals surface area contributed by atoms with Gasteiger partial charge in [0.05, 0.1) is 15.1 Å². The van der Waals surface area contributed by atoms with E-state index >= 15 is 0 Å². The van der Waals surface area contributed by atoms with E-state index in [0.29, 0.717) is 10.0 Å². The number of thiazole rings is 1. The van der Waals surface area contributed by atoms with Crippen molar-refractivity contribution in [1.29, 1.82) is 0 Å². The molecule has 0 aliphatic rings. The Bertz CT molecular complexity index is 927. The fourth-order valence-electron chi connectivity index (χ4n) is 1.97. The molecule has 6 nitrogen and oxygen atoms in total. The molecule has 0 fully saturated rings. The molecule has 2 heterocycles. The van der Waals surface area contributed by atoms with Crippen LogP contribution < -0.4 is 5.32 Å². The van der Waals surface area contributed by atoms with Gasteiger partial charge >= 0.3 is 5.00 Å². The monoisotopic (exact) mass is 345 g/mol. The van der Waals surface area contributed by atoms with Crippen molar-refractivity contribution in [1.82, 2.24) is 4.98 Å². The molecule has 1 aromatic carbocycles. The molecule has 0 bridgehead atoms. The molecule has 0 aliphatic carbocycles. The summed E-state index contributed by atoms with van der Waals surface area (Å²) in [6, 6.07) is 8.89. The third-order valence-corrected chi connectivity index (χ3v) is 4.98. The van der Waals surface area contributed by atoms with Gasteiger partial charge in [0.15, 0.2) is 5.13 Å². The lowest BCUT2D eigenvalue weighted by molar-refractivity contribution is -0.380. The van der Waals surface area contributed by atoms with Gasteiger partial charge < -0.3 is 0 Å². The van der Waals surface area contributed by atoms with Gasteiger partial charge in [-0.3, -0.25) is 20.2 Å². The summed E-state index contributed by atoms with van der Waals surface area (Å²) < 4.78 is 1.01. The SMILES string of the molecule is Cc1cccc2sc(NC(=O)C=Cc3ccc([N+](=O)[O-])s3)nc12. The smallest absolute Gasteiger partial charge is 0.298 e. The van der Waals surface area contributed by atoms with Crippen LogP contribution in [0.25, 0.3) is 16.3 Å². The van der Waals surface area contributed by atoms with E-state index in [0.717, 1.165) is 27.1 Å². The Hall–Kier alpha value is -2.58. The summed E-state index contributed by atoms with van der Waals surface area (Å²) in [6.45, 7) is 1.97. The number of benzene rings is 1. The van der Waals surface area contributed by atoms with Crippen molar-refractivity contribution in [2.75, 3.05) is 5.32 Å². The number of hydrogen-bond acceptors (Lipinski definition) is 6. The van der Waals surface area contributed by atoms with Crippen LogP contribution >= 0.6 is 22.7 Å². The van der Waals surface area contributed by atoms with Crippen LogP contribution in [0.15, 0.2) is 36.4 Å². The molecule has 2 aromatic heterocycles. The molecule has 1 amide bonds. The molecular formula is C15H11N3O3S2. The van der Waals surface area contributed by atoms with Crippen LogP contribution in [0.5, 0.6) is 0 Å². The molecule has 0 aliphatic heterocycles. The lowest BCUT2D eigenvalue weighted by Crippen LogP contribution is -2.07. The molecule has 0 saturated heterocycles. The molecule has 0 radical (unpaired) electrons. The molecule has 23 heavy (non-hydrogen) atoms. The average molecular weight is 345 g/mol. The summed E-state index contributed by atoms with van der Waals surface area (Å²) in [5.74, 6) is -0.322. The Labute approximate surface area is 139 Å². The Morgan fingerprint density at radius 2 is 2.13 bits per heavy atom. The fourth-order valence-corrected chi connectivity index (χ4v) is 3.65. The maximum absolute atomic E-state index is 11.9. The minimum Gasteiger partial charge on any atom is -0.298 e. The highest BCUT2D eigenvalue weighted by Gasteiger charge is 2.09. The average Bonchev–Trinajstić information content (AvgIpc) is 3.12. The summed E-state index contributed by atoms with van der Waals surface area (Å²) in [5, 5.41) is 13.9. The van der Waals surface area contributed by atoms with Gasteiger partial charge in [-0.1, -0.05) is 34.8 Å². The van der Waals surface area contributed by atoms with Crippen LogP contribution in [0.3, 0.4) is 0 Å². The number of rotatable bonds is 4. The van der Waals surface area contributed by atoms with Gasteiger partial charge in [-0.15, -0.1) is 0 Å². The Morgan fingerprint density at radius 1 is 1.30 bits per heavy atom. The molecule has 1 N–H and O–H groups in total. The highest BCUT2D eigenvalue weighted by atomic mass is 32.1. The quantitative estimate of drug-likeness (QED) is 0.436. The Balaban J connectivity index is 1.71. The molecule has 0 atom stereocenters. The Morgan fingerprint density at radius 3 is 2.83 bits per heavy atom. The van der Waals surface area contributed by atoms with Crippen LogP contribution in [0.4, 0.5) is 10.1 Å². The van der Waals surface area contributed by atoms with Gasteiger partial charge in [-0.2, -0.15) is 0 Å². The number of nitrogens with zero attached hydrogens (tertiary/aromatic N) is 2. The zero-order chi connectivity index (χ0) is 16.4. The number of nitro groups is 1. The first-order valence-electron chi connectivity index (χ1n) is 6.62.